The Kier molecular flexibility index (Phi) is 2.99. The van der Waals surface area contributed by atoms with E-state index in [1.54, 1.807) is 6.07 Å². The van der Waals surface area contributed by atoms with Gasteiger partial charge in [-0.25, -0.2) is 9.38 Å². The van der Waals surface area contributed by atoms with Gasteiger partial charge in [-0.3, -0.25) is 0 Å². The van der Waals surface area contributed by atoms with Crippen molar-refractivity contribution in [3.05, 3.63) is 53.3 Å². The van der Waals surface area contributed by atoms with Crippen molar-refractivity contribution in [2.45, 2.75) is 19.4 Å². The minimum atomic E-state index is -0.488. The highest BCUT2D eigenvalue weighted by Gasteiger charge is 2.27. The second kappa shape index (κ2) is 4.71. The third kappa shape index (κ3) is 2.38. The molecule has 0 saturated carbocycles. The van der Waals surface area contributed by atoms with Crippen LogP contribution in [0.2, 0.25) is 0 Å². The third-order valence-corrected chi connectivity index (χ3v) is 3.54. The first-order valence-electron chi connectivity index (χ1n) is 6.55. The van der Waals surface area contributed by atoms with Gasteiger partial charge in [0.25, 0.3) is 0 Å². The van der Waals surface area contributed by atoms with Crippen LogP contribution in [0.1, 0.15) is 25.0 Å². The van der Waals surface area contributed by atoms with E-state index in [1.165, 1.54) is 18.5 Å². The molecule has 1 heterocycles. The van der Waals surface area contributed by atoms with E-state index in [-0.39, 0.29) is 0 Å². The van der Waals surface area contributed by atoms with Crippen LogP contribution in [0.5, 0.6) is 0 Å². The van der Waals surface area contributed by atoms with Crippen LogP contribution >= 0.6 is 0 Å². The maximum atomic E-state index is 13.6. The molecule has 0 aromatic heterocycles. The average Bonchev–Trinajstić information content (AvgIpc) is 2.46. The van der Waals surface area contributed by atoms with Crippen molar-refractivity contribution in [3.8, 4) is 17.2 Å². The highest BCUT2D eigenvalue weighted by Crippen LogP contribution is 2.38. The first kappa shape index (κ1) is 13.3. The van der Waals surface area contributed by atoms with Gasteiger partial charge in [-0.1, -0.05) is 6.07 Å². The molecule has 4 heteroatoms. The Morgan fingerprint density at radius 3 is 2.71 bits per heavy atom. The smallest absolute Gasteiger partial charge is 0.175 e. The summed E-state index contributed by atoms with van der Waals surface area (Å²) in [5.74, 6) is -0.421. The molecule has 0 saturated heterocycles. The lowest BCUT2D eigenvalue weighted by molar-refractivity contribution is 0.100. The van der Waals surface area contributed by atoms with Crippen LogP contribution in [0.4, 0.5) is 10.1 Å². The number of hydrogen-bond donors (Lipinski definition) is 0. The van der Waals surface area contributed by atoms with Crippen LogP contribution in [0.15, 0.2) is 41.4 Å². The number of ether oxygens (including phenoxy) is 1. The Bertz CT molecular complexity index is 788. The Morgan fingerprint density at radius 2 is 1.95 bits per heavy atom. The summed E-state index contributed by atoms with van der Waals surface area (Å²) in [6.45, 7) is 3.90. The molecule has 0 bridgehead atoms. The Balaban J connectivity index is 2.16. The van der Waals surface area contributed by atoms with Gasteiger partial charge in [-0.05, 0) is 55.3 Å². The summed E-state index contributed by atoms with van der Waals surface area (Å²) in [6, 6.07) is 12.0. The van der Waals surface area contributed by atoms with Crippen LogP contribution in [-0.2, 0) is 10.3 Å². The molecule has 3 rings (SSSR count). The Hall–Kier alpha value is -2.67. The van der Waals surface area contributed by atoms with Crippen LogP contribution in [0.25, 0.3) is 11.1 Å². The second-order valence-corrected chi connectivity index (χ2v) is 5.43. The number of fused-ring (bicyclic) bond motifs is 1. The van der Waals surface area contributed by atoms with E-state index in [2.05, 4.69) is 4.99 Å². The van der Waals surface area contributed by atoms with Crippen LogP contribution in [-0.4, -0.2) is 6.40 Å². The average molecular weight is 280 g/mol. The first-order chi connectivity index (χ1) is 9.99. The van der Waals surface area contributed by atoms with E-state index in [1.807, 2.05) is 38.1 Å². The van der Waals surface area contributed by atoms with Gasteiger partial charge in [0, 0.05) is 5.56 Å². The number of nitriles is 1. The molecule has 21 heavy (non-hydrogen) atoms. The minimum absolute atomic E-state index is 0.302. The van der Waals surface area contributed by atoms with Gasteiger partial charge in [0.2, 0.25) is 0 Å². The predicted molar refractivity (Wildman–Crippen MR) is 78.8 cm³/mol. The van der Waals surface area contributed by atoms with Crippen molar-refractivity contribution in [1.82, 2.24) is 0 Å². The largest absolute Gasteiger partial charge is 0.473 e. The molecule has 0 radical (unpaired) electrons. The highest BCUT2D eigenvalue weighted by atomic mass is 19.1. The molecule has 2 aromatic carbocycles. The highest BCUT2D eigenvalue weighted by molar-refractivity contribution is 5.72. The van der Waals surface area contributed by atoms with Crippen LogP contribution in [0, 0.1) is 17.1 Å². The molecule has 3 nitrogen and oxygen atoms in total. The van der Waals surface area contributed by atoms with Crippen LogP contribution in [0.3, 0.4) is 0 Å². The van der Waals surface area contributed by atoms with Gasteiger partial charge in [0.15, 0.2) is 6.40 Å². The number of hydrogen-bond acceptors (Lipinski definition) is 3. The predicted octanol–water partition coefficient (Wildman–Crippen LogP) is 4.29. The molecule has 0 spiro atoms. The lowest BCUT2D eigenvalue weighted by atomic mass is 9.91. The topological polar surface area (TPSA) is 45.4 Å². The van der Waals surface area contributed by atoms with Gasteiger partial charge in [-0.2, -0.15) is 5.26 Å². The Morgan fingerprint density at radius 1 is 1.14 bits per heavy atom. The molecule has 1 aliphatic heterocycles. The summed E-state index contributed by atoms with van der Waals surface area (Å²) in [7, 11) is 0. The third-order valence-electron chi connectivity index (χ3n) is 3.54. The van der Waals surface area contributed by atoms with Crippen molar-refractivity contribution in [2.24, 2.45) is 4.99 Å². The molecular weight excluding hydrogens is 267 g/mol. The lowest BCUT2D eigenvalue weighted by Gasteiger charge is -2.29. The van der Waals surface area contributed by atoms with Crippen molar-refractivity contribution < 1.29 is 9.13 Å². The van der Waals surface area contributed by atoms with Crippen LogP contribution < -0.4 is 0 Å². The number of aliphatic imine (C=N–C) groups is 1. The molecular formula is C17H13FN2O. The summed E-state index contributed by atoms with van der Waals surface area (Å²) in [5, 5.41) is 8.95. The maximum Gasteiger partial charge on any atom is 0.175 e. The fourth-order valence-electron chi connectivity index (χ4n) is 2.41. The molecule has 0 N–H and O–H groups in total. The summed E-state index contributed by atoms with van der Waals surface area (Å²) in [4.78, 5) is 4.20. The standard InChI is InChI=1S/C17H13FN2O/c1-17(2)15-8-12(3-4-16(15)20-10-21-17)13-5-11(9-19)6-14(18)7-13/h3-8,10H,1-2H3. The van der Waals surface area contributed by atoms with Gasteiger partial charge in [0.05, 0.1) is 17.3 Å². The molecule has 0 fully saturated rings. The van der Waals surface area contributed by atoms with E-state index in [0.29, 0.717) is 11.1 Å². The van der Waals surface area contributed by atoms with E-state index in [0.717, 1.165) is 16.8 Å². The zero-order valence-electron chi connectivity index (χ0n) is 11.7. The molecule has 0 atom stereocenters. The minimum Gasteiger partial charge on any atom is -0.473 e. The zero-order valence-corrected chi connectivity index (χ0v) is 11.7. The van der Waals surface area contributed by atoms with Crippen molar-refractivity contribution in [2.75, 3.05) is 0 Å². The SMILES string of the molecule is CC1(C)OC=Nc2ccc(-c3cc(F)cc(C#N)c3)cc21. The maximum absolute atomic E-state index is 13.6. The van der Waals surface area contributed by atoms with Gasteiger partial charge >= 0.3 is 0 Å². The fraction of sp³-hybridized carbons (Fsp3) is 0.176. The molecule has 104 valence electrons. The first-order valence-corrected chi connectivity index (χ1v) is 6.55. The van der Waals surface area contributed by atoms with Crippen molar-refractivity contribution in [3.63, 3.8) is 0 Å². The molecule has 0 amide bonds. The number of rotatable bonds is 1. The molecule has 0 unspecified atom stereocenters. The molecule has 1 aliphatic rings. The van der Waals surface area contributed by atoms with E-state index < -0.39 is 11.4 Å². The van der Waals surface area contributed by atoms with Gasteiger partial charge < -0.3 is 4.74 Å². The van der Waals surface area contributed by atoms with E-state index >= 15 is 0 Å². The summed E-state index contributed by atoms with van der Waals surface area (Å²) >= 11 is 0. The van der Waals surface area contributed by atoms with Gasteiger partial charge in [-0.15, -0.1) is 0 Å². The second-order valence-electron chi connectivity index (χ2n) is 5.43. The normalized spacial score (nSPS) is 15.0. The molecule has 2 aromatic rings. The van der Waals surface area contributed by atoms with Gasteiger partial charge in [0.1, 0.15) is 11.4 Å². The fourth-order valence-corrected chi connectivity index (χ4v) is 2.41. The summed E-state index contributed by atoms with van der Waals surface area (Å²) in [5.41, 5.74) is 3.09. The lowest BCUT2D eigenvalue weighted by Crippen LogP contribution is -2.23. The quantitative estimate of drug-likeness (QED) is 0.782. The monoisotopic (exact) mass is 280 g/mol. The van der Waals surface area contributed by atoms with Crippen molar-refractivity contribution in [1.29, 1.82) is 5.26 Å². The van der Waals surface area contributed by atoms with Crippen molar-refractivity contribution >= 4 is 12.1 Å². The number of nitrogens with zero attached hydrogens (tertiary/aromatic N) is 2. The number of benzene rings is 2. The van der Waals surface area contributed by atoms with E-state index in [4.69, 9.17) is 10.00 Å². The summed E-state index contributed by atoms with van der Waals surface area (Å²) in [6.07, 6.45) is 1.44. The Labute approximate surface area is 122 Å². The number of halogens is 1. The summed E-state index contributed by atoms with van der Waals surface area (Å²) < 4.78 is 19.1. The van der Waals surface area contributed by atoms with E-state index in [9.17, 15) is 4.39 Å². The zero-order chi connectivity index (χ0) is 15.0. The molecule has 0 aliphatic carbocycles.